The Kier molecular flexibility index (Phi) is 6.47. The van der Waals surface area contributed by atoms with Crippen molar-refractivity contribution in [3.63, 3.8) is 0 Å². The smallest absolute Gasteiger partial charge is 0.413 e. The number of ether oxygens (including phenoxy) is 2. The van der Waals surface area contributed by atoms with Crippen LogP contribution in [0.1, 0.15) is 12.1 Å². The summed E-state index contributed by atoms with van der Waals surface area (Å²) in [5.41, 5.74) is 1.75. The minimum absolute atomic E-state index is 0.0473. The lowest BCUT2D eigenvalue weighted by Gasteiger charge is -2.27. The second kappa shape index (κ2) is 9.62. The molecule has 32 heavy (non-hydrogen) atoms. The molecule has 1 aromatic heterocycles. The number of likely N-dealkylation sites (tertiary alicyclic amines) is 1. The SMILES string of the molecule is O=C(Nc1ccc(N2CCOCC2=O)cc1)O[C@@H]1C[C@@H](O)CN1C(=O)/C=C/c1c[nH]cn1. The molecule has 168 valence electrons. The molecule has 2 atom stereocenters. The Bertz CT molecular complexity index is 991. The van der Waals surface area contributed by atoms with Crippen LogP contribution in [0, 0.1) is 0 Å². The first-order valence-electron chi connectivity index (χ1n) is 10.1. The predicted molar refractivity (Wildman–Crippen MR) is 113 cm³/mol. The van der Waals surface area contributed by atoms with Crippen molar-refractivity contribution in [2.45, 2.75) is 18.8 Å². The Hall–Kier alpha value is -3.70. The van der Waals surface area contributed by atoms with Gasteiger partial charge in [0.25, 0.3) is 5.91 Å². The molecule has 0 bridgehead atoms. The lowest BCUT2D eigenvalue weighted by atomic mass is 10.2. The maximum Gasteiger partial charge on any atom is 0.413 e. The molecule has 3 amide bonds. The second-order valence-corrected chi connectivity index (χ2v) is 7.34. The van der Waals surface area contributed by atoms with Gasteiger partial charge in [0.15, 0.2) is 6.23 Å². The molecule has 1 aromatic carbocycles. The molecule has 3 N–H and O–H groups in total. The molecule has 0 radical (unpaired) electrons. The van der Waals surface area contributed by atoms with E-state index >= 15 is 0 Å². The molecule has 0 saturated carbocycles. The van der Waals surface area contributed by atoms with E-state index in [1.54, 1.807) is 35.4 Å². The molecule has 0 spiro atoms. The Balaban J connectivity index is 1.34. The minimum Gasteiger partial charge on any atom is -0.425 e. The minimum atomic E-state index is -0.897. The Morgan fingerprint density at radius 3 is 2.84 bits per heavy atom. The number of β-amino-alcohol motifs (C(OH)–C–C–N with tert-alkyl or cyclic N) is 1. The van der Waals surface area contributed by atoms with E-state index in [0.29, 0.717) is 30.2 Å². The number of aliphatic hydroxyl groups is 1. The predicted octanol–water partition coefficient (Wildman–Crippen LogP) is 0.954. The van der Waals surface area contributed by atoms with Crippen LogP contribution in [-0.4, -0.2) is 76.5 Å². The first-order chi connectivity index (χ1) is 15.5. The number of anilines is 2. The third-order valence-electron chi connectivity index (χ3n) is 5.08. The van der Waals surface area contributed by atoms with Gasteiger partial charge in [-0.1, -0.05) is 0 Å². The average molecular weight is 441 g/mol. The van der Waals surface area contributed by atoms with Crippen molar-refractivity contribution in [1.29, 1.82) is 0 Å². The fourth-order valence-electron chi connectivity index (χ4n) is 3.52. The van der Waals surface area contributed by atoms with Crippen LogP contribution in [0.3, 0.4) is 0 Å². The number of hydrogen-bond donors (Lipinski definition) is 3. The summed E-state index contributed by atoms with van der Waals surface area (Å²) < 4.78 is 10.5. The molecule has 0 aliphatic carbocycles. The van der Waals surface area contributed by atoms with Gasteiger partial charge in [0.2, 0.25) is 5.91 Å². The van der Waals surface area contributed by atoms with Crippen molar-refractivity contribution in [3.05, 3.63) is 48.6 Å². The zero-order valence-electron chi connectivity index (χ0n) is 17.1. The average Bonchev–Trinajstić information content (AvgIpc) is 3.42. The first kappa shape index (κ1) is 21.5. The van der Waals surface area contributed by atoms with Crippen molar-refractivity contribution < 1.29 is 29.0 Å². The van der Waals surface area contributed by atoms with Gasteiger partial charge in [-0.2, -0.15) is 0 Å². The van der Waals surface area contributed by atoms with Crippen LogP contribution in [0.4, 0.5) is 16.2 Å². The number of nitrogens with zero attached hydrogens (tertiary/aromatic N) is 3. The molecule has 2 aromatic rings. The Labute approximate surface area is 183 Å². The summed E-state index contributed by atoms with van der Waals surface area (Å²) in [7, 11) is 0. The number of carbonyl (C=O) groups is 3. The van der Waals surface area contributed by atoms with Gasteiger partial charge in [0.05, 0.1) is 31.3 Å². The monoisotopic (exact) mass is 441 g/mol. The van der Waals surface area contributed by atoms with Gasteiger partial charge in [-0.25, -0.2) is 9.78 Å². The molecule has 11 nitrogen and oxygen atoms in total. The highest BCUT2D eigenvalue weighted by Gasteiger charge is 2.36. The van der Waals surface area contributed by atoms with Crippen LogP contribution in [0.15, 0.2) is 42.9 Å². The van der Waals surface area contributed by atoms with Crippen LogP contribution < -0.4 is 10.2 Å². The molecule has 2 aliphatic rings. The molecular weight excluding hydrogens is 418 g/mol. The quantitative estimate of drug-likeness (QED) is 0.588. The summed E-state index contributed by atoms with van der Waals surface area (Å²) in [5.74, 6) is -0.524. The van der Waals surface area contributed by atoms with E-state index in [4.69, 9.17) is 9.47 Å². The van der Waals surface area contributed by atoms with Crippen molar-refractivity contribution >= 4 is 35.4 Å². The Morgan fingerprint density at radius 2 is 2.12 bits per heavy atom. The van der Waals surface area contributed by atoms with Crippen molar-refractivity contribution in [1.82, 2.24) is 14.9 Å². The number of hydrogen-bond acceptors (Lipinski definition) is 7. The molecule has 0 unspecified atom stereocenters. The third-order valence-corrected chi connectivity index (χ3v) is 5.08. The van der Waals surface area contributed by atoms with Crippen LogP contribution in [-0.2, 0) is 19.1 Å². The maximum absolute atomic E-state index is 12.5. The first-order valence-corrected chi connectivity index (χ1v) is 10.1. The second-order valence-electron chi connectivity index (χ2n) is 7.34. The van der Waals surface area contributed by atoms with E-state index < -0.39 is 24.3 Å². The maximum atomic E-state index is 12.5. The number of carbonyl (C=O) groups excluding carboxylic acids is 3. The highest BCUT2D eigenvalue weighted by atomic mass is 16.6. The van der Waals surface area contributed by atoms with Gasteiger partial charge in [-0.05, 0) is 30.3 Å². The van der Waals surface area contributed by atoms with Crippen LogP contribution in [0.2, 0.25) is 0 Å². The number of morpholine rings is 1. The van der Waals surface area contributed by atoms with Gasteiger partial charge in [0.1, 0.15) is 6.61 Å². The lowest BCUT2D eigenvalue weighted by molar-refractivity contribution is -0.132. The third kappa shape index (κ3) is 5.13. The highest BCUT2D eigenvalue weighted by molar-refractivity contribution is 5.95. The van der Waals surface area contributed by atoms with Gasteiger partial charge in [-0.15, -0.1) is 0 Å². The normalized spacial score (nSPS) is 21.2. The summed E-state index contributed by atoms with van der Waals surface area (Å²) in [6, 6.07) is 6.73. The standard InChI is InChI=1S/C21H23N5O6/c27-17-9-20(26(11-17)18(28)6-3-15-10-22-13-23-15)32-21(30)24-14-1-4-16(5-2-14)25-7-8-31-12-19(25)29/h1-6,10,13,17,20,27H,7-9,11-12H2,(H,22,23)(H,24,30)/b6-3+/t17-,20-/m1/s1. The molecule has 2 aliphatic heterocycles. The van der Waals surface area contributed by atoms with Gasteiger partial charge < -0.3 is 29.4 Å². The zero-order valence-corrected chi connectivity index (χ0v) is 17.1. The highest BCUT2D eigenvalue weighted by Crippen LogP contribution is 2.22. The molecule has 4 rings (SSSR count). The number of rotatable bonds is 5. The van der Waals surface area contributed by atoms with E-state index in [9.17, 15) is 19.5 Å². The number of aromatic nitrogens is 2. The van der Waals surface area contributed by atoms with E-state index in [0.717, 1.165) is 0 Å². The van der Waals surface area contributed by atoms with Crippen molar-refractivity contribution in [3.8, 4) is 0 Å². The summed E-state index contributed by atoms with van der Waals surface area (Å²) in [5, 5.41) is 12.6. The molecule has 2 fully saturated rings. The number of benzene rings is 1. The van der Waals surface area contributed by atoms with Gasteiger partial charge in [0, 0.05) is 36.6 Å². The number of imidazole rings is 1. The summed E-state index contributed by atoms with van der Waals surface area (Å²) in [6.07, 6.45) is 3.64. The zero-order chi connectivity index (χ0) is 22.5. The van der Waals surface area contributed by atoms with Crippen LogP contribution in [0.25, 0.3) is 6.08 Å². The number of H-pyrrole nitrogens is 1. The van der Waals surface area contributed by atoms with Crippen molar-refractivity contribution in [2.24, 2.45) is 0 Å². The van der Waals surface area contributed by atoms with Gasteiger partial charge >= 0.3 is 6.09 Å². The number of amides is 3. The van der Waals surface area contributed by atoms with E-state index in [-0.39, 0.29) is 25.5 Å². The van der Waals surface area contributed by atoms with E-state index in [2.05, 4.69) is 15.3 Å². The van der Waals surface area contributed by atoms with Crippen molar-refractivity contribution in [2.75, 3.05) is 36.5 Å². The molecule has 3 heterocycles. The lowest BCUT2D eigenvalue weighted by Crippen LogP contribution is -2.41. The van der Waals surface area contributed by atoms with Gasteiger partial charge in [-0.3, -0.25) is 14.9 Å². The topological polar surface area (TPSA) is 137 Å². The van der Waals surface area contributed by atoms with E-state index in [1.165, 1.54) is 23.4 Å². The summed E-state index contributed by atoms with van der Waals surface area (Å²) in [4.78, 5) is 46.5. The molecule has 2 saturated heterocycles. The fraction of sp³-hybridized carbons (Fsp3) is 0.333. The number of aliphatic hydroxyl groups excluding tert-OH is 1. The molecular formula is C21H23N5O6. The van der Waals surface area contributed by atoms with Crippen LogP contribution in [0.5, 0.6) is 0 Å². The fourth-order valence-corrected chi connectivity index (χ4v) is 3.52. The van der Waals surface area contributed by atoms with E-state index in [1.807, 2.05) is 0 Å². The summed E-state index contributed by atoms with van der Waals surface area (Å²) >= 11 is 0. The van der Waals surface area contributed by atoms with Crippen LogP contribution >= 0.6 is 0 Å². The number of nitrogens with one attached hydrogen (secondary N) is 2. The number of aromatic amines is 1. The largest absolute Gasteiger partial charge is 0.425 e. The summed E-state index contributed by atoms with van der Waals surface area (Å²) in [6.45, 7) is 1.04. The molecule has 11 heteroatoms. The Morgan fingerprint density at radius 1 is 1.31 bits per heavy atom.